The minimum atomic E-state index is -1.04. The Balaban J connectivity index is 0.000000141. The summed E-state index contributed by atoms with van der Waals surface area (Å²) in [6, 6.07) is 42.9. The quantitative estimate of drug-likeness (QED) is 0.130. The van der Waals surface area contributed by atoms with Gasteiger partial charge in [0, 0.05) is 23.2 Å². The van der Waals surface area contributed by atoms with Crippen LogP contribution >= 0.6 is 0 Å². The van der Waals surface area contributed by atoms with Gasteiger partial charge in [0.25, 0.3) is 5.91 Å². The second kappa shape index (κ2) is 19.8. The number of fused-ring (bicyclic) bond motifs is 4. The lowest BCUT2D eigenvalue weighted by Crippen LogP contribution is -2.54. The third-order valence-electron chi connectivity index (χ3n) is 15.1. The maximum absolute atomic E-state index is 13.2. The highest BCUT2D eigenvalue weighted by Crippen LogP contribution is 2.51. The fourth-order valence-electron chi connectivity index (χ4n) is 10.3. The molecule has 71 heavy (non-hydrogen) atoms. The molecule has 364 valence electrons. The summed E-state index contributed by atoms with van der Waals surface area (Å²) in [6.07, 6.45) is 9.60. The molecule has 2 aliphatic heterocycles. The third-order valence-corrected chi connectivity index (χ3v) is 15.1. The lowest BCUT2D eigenvalue weighted by atomic mass is 9.71. The number of ether oxygens (including phenoxy) is 2. The van der Waals surface area contributed by atoms with Gasteiger partial charge in [0.2, 0.25) is 0 Å². The van der Waals surface area contributed by atoms with Gasteiger partial charge in [0.05, 0.1) is 22.5 Å². The van der Waals surface area contributed by atoms with Crippen LogP contribution in [0.15, 0.2) is 146 Å². The van der Waals surface area contributed by atoms with Crippen molar-refractivity contribution in [1.82, 2.24) is 5.32 Å². The number of anilines is 2. The highest BCUT2D eigenvalue weighted by Gasteiger charge is 2.49. The maximum atomic E-state index is 13.2. The maximum Gasteiger partial charge on any atom is 0.414 e. The third kappa shape index (κ3) is 10.3. The lowest BCUT2D eigenvalue weighted by molar-refractivity contribution is 0.0696. The van der Waals surface area contributed by atoms with Crippen molar-refractivity contribution < 1.29 is 42.5 Å². The number of aromatic carboxylic acids is 1. The minimum Gasteiger partial charge on any atom is -0.478 e. The monoisotopic (exact) mass is 958 g/mol. The molecule has 6 aliphatic rings. The summed E-state index contributed by atoms with van der Waals surface area (Å²) >= 11 is 0. The first-order valence-corrected chi connectivity index (χ1v) is 24.5. The number of carbonyl (C=O) groups is 4. The zero-order valence-electron chi connectivity index (χ0n) is 39.3. The SMILES string of the molecule is NC1(c2ccc3c(c2)CC2CCC2N3C(=O)OCc2ccccc2)CC1.O=C(NC1(c2ccc3c(c2)CC2CCC2N3C(=O)OCc2ccccc2)CC1)c1ccc(F)cc1.O=C(O)c1ccc(F)cc1. The molecule has 4 N–H and O–H groups in total. The zero-order valence-corrected chi connectivity index (χ0v) is 39.3. The summed E-state index contributed by atoms with van der Waals surface area (Å²) in [5, 5.41) is 11.5. The molecule has 13 heteroatoms. The Labute approximate surface area is 411 Å². The highest BCUT2D eigenvalue weighted by molar-refractivity contribution is 5.95. The van der Waals surface area contributed by atoms with Crippen LogP contribution in [0.2, 0.25) is 0 Å². The van der Waals surface area contributed by atoms with E-state index in [4.69, 9.17) is 20.3 Å². The van der Waals surface area contributed by atoms with Crippen molar-refractivity contribution in [3.8, 4) is 0 Å². The minimum absolute atomic E-state index is 0.0985. The zero-order chi connectivity index (χ0) is 49.3. The molecule has 0 radical (unpaired) electrons. The van der Waals surface area contributed by atoms with Gasteiger partial charge in [-0.1, -0.05) is 84.9 Å². The molecule has 11 nitrogen and oxygen atoms in total. The van der Waals surface area contributed by atoms with Crippen LogP contribution < -0.4 is 20.9 Å². The summed E-state index contributed by atoms with van der Waals surface area (Å²) in [6.45, 7) is 0.562. The number of rotatable bonds is 9. The normalized spacial score (nSPS) is 20.9. The van der Waals surface area contributed by atoms with E-state index < -0.39 is 17.3 Å². The van der Waals surface area contributed by atoms with Gasteiger partial charge in [-0.2, -0.15) is 0 Å². The van der Waals surface area contributed by atoms with Crippen molar-refractivity contribution in [1.29, 1.82) is 0 Å². The smallest absolute Gasteiger partial charge is 0.414 e. The van der Waals surface area contributed by atoms with Crippen molar-refractivity contribution in [2.24, 2.45) is 17.6 Å². The molecule has 0 spiro atoms. The molecule has 0 saturated heterocycles. The van der Waals surface area contributed by atoms with Crippen LogP contribution in [0.5, 0.6) is 0 Å². The molecule has 0 aromatic heterocycles. The number of nitrogens with one attached hydrogen (secondary N) is 1. The van der Waals surface area contributed by atoms with E-state index in [-0.39, 0.29) is 53.7 Å². The molecule has 2 heterocycles. The topological polar surface area (TPSA) is 152 Å². The van der Waals surface area contributed by atoms with Gasteiger partial charge in [0.1, 0.15) is 24.8 Å². The second-order valence-electron chi connectivity index (χ2n) is 19.7. The fourth-order valence-corrected chi connectivity index (χ4v) is 10.3. The Kier molecular flexibility index (Phi) is 13.2. The molecule has 4 unspecified atom stereocenters. The van der Waals surface area contributed by atoms with Gasteiger partial charge < -0.3 is 25.6 Å². The number of nitrogens with zero attached hydrogens (tertiary/aromatic N) is 2. The molecular formula is C58H56F2N4O7. The van der Waals surface area contributed by atoms with Gasteiger partial charge in [-0.05, 0) is 170 Å². The van der Waals surface area contributed by atoms with Gasteiger partial charge >= 0.3 is 18.2 Å². The van der Waals surface area contributed by atoms with E-state index in [1.54, 1.807) is 0 Å². The Bertz CT molecular complexity index is 2930. The standard InChI is InChI=1S/C29H27FN2O3.C22H24N2O2.C7H5FO2/c30-24-10-6-20(7-11-24)27(33)31-29(14-15-29)23-9-13-26-22(17-23)16-21-8-12-25(21)32(26)28(34)35-18-19-4-2-1-3-5-19;23-22(10-11-22)18-7-9-20-17(13-18)12-16-6-8-19(16)24(20)21(25)26-14-15-4-2-1-3-5-15;8-6-3-1-5(2-4-6)7(9)10/h1-7,9-11,13,17,21,25H,8,12,14-16,18H2,(H,31,33);1-5,7,9,13,16,19H,6,8,10-12,14,23H2;1-4H,(H,9,10). The number of hydrogen-bond acceptors (Lipinski definition) is 7. The number of halogens is 2. The number of carbonyl (C=O) groups excluding carboxylic acids is 3. The summed E-state index contributed by atoms with van der Waals surface area (Å²) in [7, 11) is 0. The van der Waals surface area contributed by atoms with Crippen LogP contribution in [0.25, 0.3) is 0 Å². The first-order valence-electron chi connectivity index (χ1n) is 24.5. The van der Waals surface area contributed by atoms with Gasteiger partial charge in [-0.3, -0.25) is 14.6 Å². The summed E-state index contributed by atoms with van der Waals surface area (Å²) in [4.78, 5) is 52.8. The lowest BCUT2D eigenvalue weighted by Gasteiger charge is -2.48. The first-order chi connectivity index (χ1) is 34.4. The van der Waals surface area contributed by atoms with E-state index >= 15 is 0 Å². The Morgan fingerprint density at radius 2 is 1.03 bits per heavy atom. The number of amides is 3. The number of nitrogens with two attached hydrogens (primary N) is 1. The van der Waals surface area contributed by atoms with Crippen LogP contribution in [0.3, 0.4) is 0 Å². The largest absolute Gasteiger partial charge is 0.478 e. The van der Waals surface area contributed by atoms with Gasteiger partial charge in [-0.25, -0.2) is 23.2 Å². The number of hydrogen-bond donors (Lipinski definition) is 3. The van der Waals surface area contributed by atoms with Crippen molar-refractivity contribution in [2.75, 3.05) is 9.80 Å². The van der Waals surface area contributed by atoms with Crippen molar-refractivity contribution in [3.05, 3.63) is 202 Å². The molecule has 4 fully saturated rings. The Hall–Kier alpha value is -7.38. The summed E-state index contributed by atoms with van der Waals surface area (Å²) < 4.78 is 36.8. The van der Waals surface area contributed by atoms with E-state index in [0.29, 0.717) is 24.0 Å². The molecule has 0 bridgehead atoms. The number of carboxylic acid groups (broad SMARTS) is 1. The molecule has 6 aromatic carbocycles. The molecule has 6 aromatic rings. The molecular weight excluding hydrogens is 903 g/mol. The van der Waals surface area contributed by atoms with Crippen molar-refractivity contribution >= 4 is 35.4 Å². The number of carboxylic acids is 1. The van der Waals surface area contributed by atoms with E-state index in [2.05, 4.69) is 29.6 Å². The van der Waals surface area contributed by atoms with Crippen LogP contribution in [0, 0.1) is 23.5 Å². The summed E-state index contributed by atoms with van der Waals surface area (Å²) in [5.41, 5.74) is 14.9. The fraction of sp³-hybridized carbons (Fsp3) is 0.310. The van der Waals surface area contributed by atoms with Gasteiger partial charge in [-0.15, -0.1) is 0 Å². The predicted octanol–water partition coefficient (Wildman–Crippen LogP) is 11.4. The van der Waals surface area contributed by atoms with Crippen molar-refractivity contribution in [3.63, 3.8) is 0 Å². The summed E-state index contributed by atoms with van der Waals surface area (Å²) in [5.74, 6) is -1.05. The van der Waals surface area contributed by atoms with Crippen molar-refractivity contribution in [2.45, 2.75) is 101 Å². The highest BCUT2D eigenvalue weighted by atomic mass is 19.1. The van der Waals surface area contributed by atoms with Crippen LogP contribution in [-0.4, -0.2) is 41.3 Å². The Morgan fingerprint density at radius 1 is 0.577 bits per heavy atom. The second-order valence-corrected chi connectivity index (χ2v) is 19.7. The molecule has 4 atom stereocenters. The molecule has 12 rings (SSSR count). The first kappa shape index (κ1) is 47.3. The number of benzene rings is 6. The van der Waals surface area contributed by atoms with E-state index in [0.717, 1.165) is 104 Å². The van der Waals surface area contributed by atoms with E-state index in [9.17, 15) is 28.0 Å². The molecule has 4 aliphatic carbocycles. The van der Waals surface area contributed by atoms with E-state index in [1.165, 1.54) is 53.9 Å². The average molecular weight is 959 g/mol. The average Bonchev–Trinajstić information content (AvgIpc) is 4.32. The Morgan fingerprint density at radius 3 is 1.45 bits per heavy atom. The van der Waals surface area contributed by atoms with Crippen LogP contribution in [0.1, 0.15) is 105 Å². The van der Waals surface area contributed by atoms with E-state index in [1.807, 2.05) is 82.6 Å². The van der Waals surface area contributed by atoms with Gasteiger partial charge in [0.15, 0.2) is 0 Å². The van der Waals surface area contributed by atoms with Crippen LogP contribution in [0.4, 0.5) is 29.7 Å². The molecule has 4 saturated carbocycles. The molecule has 3 amide bonds. The predicted molar refractivity (Wildman–Crippen MR) is 265 cm³/mol. The van der Waals surface area contributed by atoms with Crippen LogP contribution in [-0.2, 0) is 46.6 Å².